The first-order chi connectivity index (χ1) is 17.6. The van der Waals surface area contributed by atoms with Crippen molar-refractivity contribution in [2.45, 2.75) is 117 Å². The Labute approximate surface area is 226 Å². The van der Waals surface area contributed by atoms with Gasteiger partial charge in [-0.25, -0.2) is 4.79 Å². The van der Waals surface area contributed by atoms with E-state index in [1.54, 1.807) is 0 Å². The zero-order valence-corrected chi connectivity index (χ0v) is 24.1. The number of hydrogen-bond acceptors (Lipinski definition) is 3. The summed E-state index contributed by atoms with van der Waals surface area (Å²) in [5.41, 5.74) is 1.24. The molecule has 1 aromatic carbocycles. The standard InChI is InChI=1S/C34H52O3/c1-22(2)10-9-11-23(3)27-14-15-28-26-21-31(35)30-20-25(37-32(36)24-12-7-6-8-13-24)16-18-34(30,5)29(26)17-19-33(27,28)4/h6-8,12-13,22-23,25-31,35H,9-11,14-21H2,1-5H3/t23-,25+,26+,27-,28+,29+,30-,31-,33-,34-/m1/s1. The summed E-state index contributed by atoms with van der Waals surface area (Å²) in [5, 5.41) is 11.6. The van der Waals surface area contributed by atoms with Crippen molar-refractivity contribution >= 4 is 5.97 Å². The molecule has 0 spiro atoms. The molecule has 0 bridgehead atoms. The Morgan fingerprint density at radius 1 is 0.919 bits per heavy atom. The Balaban J connectivity index is 1.26. The molecule has 5 rings (SSSR count). The monoisotopic (exact) mass is 508 g/mol. The van der Waals surface area contributed by atoms with Gasteiger partial charge in [0.15, 0.2) is 0 Å². The highest BCUT2D eigenvalue weighted by atomic mass is 16.5. The number of aliphatic hydroxyl groups is 1. The van der Waals surface area contributed by atoms with Crippen LogP contribution in [0.15, 0.2) is 30.3 Å². The zero-order valence-electron chi connectivity index (χ0n) is 24.1. The molecule has 0 radical (unpaired) electrons. The number of aliphatic hydroxyl groups excluding tert-OH is 1. The summed E-state index contributed by atoms with van der Waals surface area (Å²) in [4.78, 5) is 12.7. The summed E-state index contributed by atoms with van der Waals surface area (Å²) in [6, 6.07) is 9.35. The lowest BCUT2D eigenvalue weighted by Gasteiger charge is -2.62. The van der Waals surface area contributed by atoms with Crippen molar-refractivity contribution < 1.29 is 14.6 Å². The summed E-state index contributed by atoms with van der Waals surface area (Å²) >= 11 is 0. The molecule has 0 aliphatic heterocycles. The molecule has 1 N–H and O–H groups in total. The molecule has 4 aliphatic carbocycles. The van der Waals surface area contributed by atoms with E-state index in [0.717, 1.165) is 49.4 Å². The number of esters is 1. The second-order valence-electron chi connectivity index (χ2n) is 14.5. The van der Waals surface area contributed by atoms with Crippen LogP contribution >= 0.6 is 0 Å². The molecule has 0 heterocycles. The minimum atomic E-state index is -0.269. The second kappa shape index (κ2) is 10.7. The third-order valence-electron chi connectivity index (χ3n) is 12.1. The van der Waals surface area contributed by atoms with Gasteiger partial charge in [-0.05, 0) is 116 Å². The second-order valence-corrected chi connectivity index (χ2v) is 14.5. The van der Waals surface area contributed by atoms with E-state index in [0.29, 0.717) is 22.8 Å². The minimum Gasteiger partial charge on any atom is -0.459 e. The van der Waals surface area contributed by atoms with E-state index in [1.807, 2.05) is 30.3 Å². The molecule has 3 heteroatoms. The van der Waals surface area contributed by atoms with Crippen LogP contribution in [0, 0.1) is 52.3 Å². The Kier molecular flexibility index (Phi) is 7.85. The topological polar surface area (TPSA) is 46.5 Å². The van der Waals surface area contributed by atoms with Crippen molar-refractivity contribution in [3.63, 3.8) is 0 Å². The summed E-state index contributed by atoms with van der Waals surface area (Å²) in [6.07, 6.45) is 13.0. The number of ether oxygens (including phenoxy) is 1. The summed E-state index contributed by atoms with van der Waals surface area (Å²) in [6.45, 7) is 12.3. The van der Waals surface area contributed by atoms with Crippen LogP contribution < -0.4 is 0 Å². The highest BCUT2D eigenvalue weighted by Gasteiger charge is 2.62. The highest BCUT2D eigenvalue weighted by molar-refractivity contribution is 5.89. The van der Waals surface area contributed by atoms with Gasteiger partial charge >= 0.3 is 5.97 Å². The molecule has 0 saturated heterocycles. The van der Waals surface area contributed by atoms with E-state index in [1.165, 1.54) is 44.9 Å². The molecule has 10 atom stereocenters. The van der Waals surface area contributed by atoms with E-state index < -0.39 is 0 Å². The fourth-order valence-electron chi connectivity index (χ4n) is 10.2. The average molecular weight is 509 g/mol. The van der Waals surface area contributed by atoms with Crippen LogP contribution in [0.3, 0.4) is 0 Å². The van der Waals surface area contributed by atoms with Gasteiger partial charge in [0.25, 0.3) is 0 Å². The van der Waals surface area contributed by atoms with Crippen LogP contribution in [0.2, 0.25) is 0 Å². The van der Waals surface area contributed by atoms with Crippen molar-refractivity contribution in [2.75, 3.05) is 0 Å². The van der Waals surface area contributed by atoms with Gasteiger partial charge in [-0.15, -0.1) is 0 Å². The summed E-state index contributed by atoms with van der Waals surface area (Å²) in [7, 11) is 0. The van der Waals surface area contributed by atoms with E-state index in [4.69, 9.17) is 4.74 Å². The van der Waals surface area contributed by atoms with Crippen molar-refractivity contribution in [1.29, 1.82) is 0 Å². The van der Waals surface area contributed by atoms with Crippen LogP contribution in [-0.2, 0) is 4.74 Å². The Hall–Kier alpha value is -1.35. The Morgan fingerprint density at radius 2 is 1.62 bits per heavy atom. The lowest BCUT2D eigenvalue weighted by atomic mass is 9.43. The quantitative estimate of drug-likeness (QED) is 0.377. The van der Waals surface area contributed by atoms with Gasteiger partial charge in [0.2, 0.25) is 0 Å². The molecule has 4 aliphatic rings. The van der Waals surface area contributed by atoms with Crippen molar-refractivity contribution in [1.82, 2.24) is 0 Å². The maximum absolute atomic E-state index is 12.7. The number of carbonyl (C=O) groups is 1. The van der Waals surface area contributed by atoms with Gasteiger partial charge in [-0.3, -0.25) is 0 Å². The van der Waals surface area contributed by atoms with Gasteiger partial charge in [0.05, 0.1) is 11.7 Å². The van der Waals surface area contributed by atoms with Crippen molar-refractivity contribution in [2.24, 2.45) is 52.3 Å². The Bertz CT molecular complexity index is 926. The van der Waals surface area contributed by atoms with Gasteiger partial charge < -0.3 is 9.84 Å². The molecule has 0 amide bonds. The SMILES string of the molecule is CC(C)CCC[C@@H](C)[C@H]1CC[C@H]2[C@@H]3C[C@@H](O)[C@H]4C[C@@H](OC(=O)c5ccccc5)CC[C@]4(C)[C@H]3CC[C@]12C. The summed E-state index contributed by atoms with van der Waals surface area (Å²) in [5.74, 6) is 4.64. The van der Waals surface area contributed by atoms with Crippen molar-refractivity contribution in [3.05, 3.63) is 35.9 Å². The average Bonchev–Trinajstić information content (AvgIpc) is 3.22. The third kappa shape index (κ3) is 5.04. The first kappa shape index (κ1) is 27.2. The molecule has 4 saturated carbocycles. The predicted octanol–water partition coefficient (Wildman–Crippen LogP) is 8.30. The maximum atomic E-state index is 12.7. The van der Waals surface area contributed by atoms with Gasteiger partial charge in [-0.2, -0.15) is 0 Å². The lowest BCUT2D eigenvalue weighted by molar-refractivity contribution is -0.172. The lowest BCUT2D eigenvalue weighted by Crippen LogP contribution is -2.58. The largest absolute Gasteiger partial charge is 0.459 e. The maximum Gasteiger partial charge on any atom is 0.338 e. The number of benzene rings is 1. The molecule has 3 nitrogen and oxygen atoms in total. The molecule has 37 heavy (non-hydrogen) atoms. The molecule has 1 aromatic rings. The normalized spacial score (nSPS) is 42.0. The molecular formula is C34H52O3. The van der Waals surface area contributed by atoms with Gasteiger partial charge in [0, 0.05) is 0 Å². The summed E-state index contributed by atoms with van der Waals surface area (Å²) < 4.78 is 5.98. The smallest absolute Gasteiger partial charge is 0.338 e. The van der Waals surface area contributed by atoms with E-state index in [2.05, 4.69) is 34.6 Å². The number of carbonyl (C=O) groups excluding carboxylic acids is 1. The Morgan fingerprint density at radius 3 is 2.35 bits per heavy atom. The van der Waals surface area contributed by atoms with Crippen LogP contribution in [0.5, 0.6) is 0 Å². The molecular weight excluding hydrogens is 456 g/mol. The number of hydrogen-bond donors (Lipinski definition) is 1. The molecule has 0 unspecified atom stereocenters. The van der Waals surface area contributed by atoms with E-state index in [-0.39, 0.29) is 29.5 Å². The predicted molar refractivity (Wildman–Crippen MR) is 150 cm³/mol. The van der Waals surface area contributed by atoms with E-state index in [9.17, 15) is 9.90 Å². The zero-order chi connectivity index (χ0) is 26.4. The van der Waals surface area contributed by atoms with Gasteiger partial charge in [-0.1, -0.05) is 72.1 Å². The third-order valence-corrected chi connectivity index (χ3v) is 12.1. The highest BCUT2D eigenvalue weighted by Crippen LogP contribution is 2.68. The van der Waals surface area contributed by atoms with E-state index >= 15 is 0 Å². The van der Waals surface area contributed by atoms with Crippen LogP contribution in [0.25, 0.3) is 0 Å². The first-order valence-corrected chi connectivity index (χ1v) is 15.6. The minimum absolute atomic E-state index is 0.0756. The van der Waals surface area contributed by atoms with Gasteiger partial charge in [0.1, 0.15) is 6.10 Å². The number of fused-ring (bicyclic) bond motifs is 5. The molecule has 0 aromatic heterocycles. The van der Waals surface area contributed by atoms with Crippen LogP contribution in [0.1, 0.15) is 116 Å². The van der Waals surface area contributed by atoms with Crippen LogP contribution in [-0.4, -0.2) is 23.3 Å². The van der Waals surface area contributed by atoms with Crippen LogP contribution in [0.4, 0.5) is 0 Å². The molecule has 4 fully saturated rings. The molecule has 206 valence electrons. The number of rotatable bonds is 7. The fourth-order valence-corrected chi connectivity index (χ4v) is 10.2. The fraction of sp³-hybridized carbons (Fsp3) is 0.794. The van der Waals surface area contributed by atoms with Crippen molar-refractivity contribution in [3.8, 4) is 0 Å². The first-order valence-electron chi connectivity index (χ1n) is 15.6.